The smallest absolute Gasteiger partial charge is 0.238 e. The number of thioether (sulfide) groups is 1. The lowest BCUT2D eigenvalue weighted by Gasteiger charge is -2.27. The topological polar surface area (TPSA) is 44.4 Å². The summed E-state index contributed by atoms with van der Waals surface area (Å²) < 4.78 is 0. The van der Waals surface area contributed by atoms with Gasteiger partial charge in [-0.05, 0) is 36.9 Å². The van der Waals surface area contributed by atoms with Crippen LogP contribution in [0.5, 0.6) is 0 Å². The Morgan fingerprint density at radius 3 is 2.58 bits per heavy atom. The number of nitrogens with zero attached hydrogens (tertiary/aromatic N) is 1. The van der Waals surface area contributed by atoms with Crippen molar-refractivity contribution in [2.45, 2.75) is 19.4 Å². The zero-order chi connectivity index (χ0) is 15.2. The van der Waals surface area contributed by atoms with E-state index < -0.39 is 0 Å². The van der Waals surface area contributed by atoms with E-state index in [1.807, 2.05) is 23.9 Å². The molecule has 0 unspecified atom stereocenters. The number of anilines is 1. The summed E-state index contributed by atoms with van der Waals surface area (Å²) in [6.07, 6.45) is 2.62. The summed E-state index contributed by atoms with van der Waals surface area (Å²) in [6.45, 7) is 4.57. The van der Waals surface area contributed by atoms with Crippen LogP contribution in [0.25, 0.3) is 0 Å². The SMILES string of the molecule is Cl.Cl.O=C(CNCC1CC1)Nc1ccccc1CN1CCSCC1. The third kappa shape index (κ3) is 7.19. The van der Waals surface area contributed by atoms with Crippen molar-refractivity contribution < 1.29 is 4.79 Å². The molecule has 3 rings (SSSR count). The summed E-state index contributed by atoms with van der Waals surface area (Å²) in [4.78, 5) is 14.5. The number of nitrogens with one attached hydrogen (secondary N) is 2. The minimum absolute atomic E-state index is 0. The minimum Gasteiger partial charge on any atom is -0.325 e. The minimum atomic E-state index is 0. The van der Waals surface area contributed by atoms with Crippen molar-refractivity contribution in [1.82, 2.24) is 10.2 Å². The van der Waals surface area contributed by atoms with Gasteiger partial charge in [0, 0.05) is 36.8 Å². The molecule has 1 aliphatic carbocycles. The van der Waals surface area contributed by atoms with Crippen LogP contribution in [0, 0.1) is 5.92 Å². The van der Waals surface area contributed by atoms with Gasteiger partial charge in [-0.2, -0.15) is 11.8 Å². The zero-order valence-electron chi connectivity index (χ0n) is 13.8. The van der Waals surface area contributed by atoms with E-state index in [0.29, 0.717) is 6.54 Å². The molecule has 1 saturated carbocycles. The van der Waals surface area contributed by atoms with Crippen molar-refractivity contribution in [3.8, 4) is 0 Å². The molecule has 24 heavy (non-hydrogen) atoms. The van der Waals surface area contributed by atoms with Gasteiger partial charge in [-0.1, -0.05) is 18.2 Å². The van der Waals surface area contributed by atoms with E-state index in [2.05, 4.69) is 27.7 Å². The Kier molecular flexibility index (Phi) is 10.1. The molecule has 0 bridgehead atoms. The maximum absolute atomic E-state index is 12.1. The molecule has 0 atom stereocenters. The van der Waals surface area contributed by atoms with Crippen LogP contribution in [0.1, 0.15) is 18.4 Å². The van der Waals surface area contributed by atoms with Crippen LogP contribution >= 0.6 is 36.6 Å². The Balaban J connectivity index is 0.00000144. The number of rotatable bonds is 7. The standard InChI is InChI=1S/C17H25N3OS.2ClH/c21-17(12-18-11-14-5-6-14)19-16-4-2-1-3-15(16)13-20-7-9-22-10-8-20;;/h1-4,14,18H,5-13H2,(H,19,21);2*1H. The van der Waals surface area contributed by atoms with Crippen LogP contribution in [0.4, 0.5) is 5.69 Å². The average molecular weight is 392 g/mol. The molecule has 0 spiro atoms. The maximum atomic E-state index is 12.1. The molecule has 4 nitrogen and oxygen atoms in total. The van der Waals surface area contributed by atoms with Crippen LogP contribution in [-0.2, 0) is 11.3 Å². The average Bonchev–Trinajstić information content (AvgIpc) is 3.35. The summed E-state index contributed by atoms with van der Waals surface area (Å²) >= 11 is 2.02. The van der Waals surface area contributed by atoms with Gasteiger partial charge in [-0.15, -0.1) is 24.8 Å². The van der Waals surface area contributed by atoms with E-state index in [-0.39, 0.29) is 30.7 Å². The lowest BCUT2D eigenvalue weighted by atomic mass is 10.1. The Bertz CT molecular complexity index is 508. The fourth-order valence-corrected chi connectivity index (χ4v) is 3.67. The van der Waals surface area contributed by atoms with E-state index >= 15 is 0 Å². The van der Waals surface area contributed by atoms with E-state index in [1.54, 1.807) is 0 Å². The van der Waals surface area contributed by atoms with Crippen LogP contribution in [0.15, 0.2) is 24.3 Å². The zero-order valence-corrected chi connectivity index (χ0v) is 16.3. The number of amides is 1. The van der Waals surface area contributed by atoms with Gasteiger partial charge in [-0.25, -0.2) is 0 Å². The third-order valence-electron chi connectivity index (χ3n) is 4.20. The second-order valence-corrected chi connectivity index (χ2v) is 7.39. The van der Waals surface area contributed by atoms with Crippen LogP contribution < -0.4 is 10.6 Å². The molecule has 7 heteroatoms. The van der Waals surface area contributed by atoms with Gasteiger partial charge in [-0.3, -0.25) is 9.69 Å². The number of para-hydroxylation sites is 1. The first-order chi connectivity index (χ1) is 10.8. The number of carbonyl (C=O) groups excluding carboxylic acids is 1. The number of benzene rings is 1. The van der Waals surface area contributed by atoms with E-state index in [4.69, 9.17) is 0 Å². The lowest BCUT2D eigenvalue weighted by Crippen LogP contribution is -2.33. The monoisotopic (exact) mass is 391 g/mol. The van der Waals surface area contributed by atoms with Gasteiger partial charge >= 0.3 is 0 Å². The van der Waals surface area contributed by atoms with E-state index in [0.717, 1.165) is 37.8 Å². The molecule has 1 aromatic carbocycles. The largest absolute Gasteiger partial charge is 0.325 e. The van der Waals surface area contributed by atoms with Gasteiger partial charge in [0.1, 0.15) is 0 Å². The molecule has 1 heterocycles. The highest BCUT2D eigenvalue weighted by atomic mass is 35.5. The predicted octanol–water partition coefficient (Wildman–Crippen LogP) is 3.02. The third-order valence-corrected chi connectivity index (χ3v) is 5.15. The highest BCUT2D eigenvalue weighted by Gasteiger charge is 2.20. The lowest BCUT2D eigenvalue weighted by molar-refractivity contribution is -0.115. The second kappa shape index (κ2) is 11.2. The summed E-state index contributed by atoms with van der Waals surface area (Å²) in [6, 6.07) is 8.17. The molecule has 136 valence electrons. The van der Waals surface area contributed by atoms with Crippen molar-refractivity contribution in [2.75, 3.05) is 43.0 Å². The molecule has 2 N–H and O–H groups in total. The maximum Gasteiger partial charge on any atom is 0.238 e. The van der Waals surface area contributed by atoms with E-state index in [9.17, 15) is 4.79 Å². The van der Waals surface area contributed by atoms with Gasteiger partial charge < -0.3 is 10.6 Å². The Morgan fingerprint density at radius 1 is 1.17 bits per heavy atom. The summed E-state index contributed by atoms with van der Waals surface area (Å²) in [5.74, 6) is 3.28. The first kappa shape index (κ1) is 21.6. The normalized spacial score (nSPS) is 17.5. The molecule has 1 aromatic rings. The summed E-state index contributed by atoms with van der Waals surface area (Å²) in [5.41, 5.74) is 2.17. The molecular weight excluding hydrogens is 365 g/mol. The number of hydrogen-bond donors (Lipinski definition) is 2. The quantitative estimate of drug-likeness (QED) is 0.749. The molecular formula is C17H27Cl2N3OS. The fraction of sp³-hybridized carbons (Fsp3) is 0.588. The highest BCUT2D eigenvalue weighted by molar-refractivity contribution is 7.99. The first-order valence-electron chi connectivity index (χ1n) is 8.20. The summed E-state index contributed by atoms with van der Waals surface area (Å²) in [5, 5.41) is 6.30. The predicted molar refractivity (Wildman–Crippen MR) is 108 cm³/mol. The molecule has 1 amide bonds. The molecule has 0 aromatic heterocycles. The van der Waals surface area contributed by atoms with Crippen molar-refractivity contribution in [3.63, 3.8) is 0 Å². The van der Waals surface area contributed by atoms with Gasteiger partial charge in [0.15, 0.2) is 0 Å². The van der Waals surface area contributed by atoms with Crippen molar-refractivity contribution >= 4 is 48.2 Å². The van der Waals surface area contributed by atoms with Crippen molar-refractivity contribution in [2.24, 2.45) is 5.92 Å². The highest BCUT2D eigenvalue weighted by Crippen LogP contribution is 2.27. The molecule has 2 aliphatic rings. The number of carbonyl (C=O) groups is 1. The van der Waals surface area contributed by atoms with Crippen molar-refractivity contribution in [3.05, 3.63) is 29.8 Å². The molecule has 0 radical (unpaired) electrons. The number of halogens is 2. The molecule has 1 saturated heterocycles. The van der Waals surface area contributed by atoms with Gasteiger partial charge in [0.25, 0.3) is 0 Å². The van der Waals surface area contributed by atoms with Crippen LogP contribution in [0.2, 0.25) is 0 Å². The van der Waals surface area contributed by atoms with Gasteiger partial charge in [0.2, 0.25) is 5.91 Å². The number of hydrogen-bond acceptors (Lipinski definition) is 4. The van der Waals surface area contributed by atoms with Crippen LogP contribution in [-0.4, -0.2) is 48.5 Å². The summed E-state index contributed by atoms with van der Waals surface area (Å²) in [7, 11) is 0. The van der Waals surface area contributed by atoms with Crippen LogP contribution in [0.3, 0.4) is 0 Å². The Hall–Kier alpha value is -0.460. The van der Waals surface area contributed by atoms with Gasteiger partial charge in [0.05, 0.1) is 6.54 Å². The first-order valence-corrected chi connectivity index (χ1v) is 9.35. The fourth-order valence-electron chi connectivity index (χ4n) is 2.69. The Labute approximate surface area is 161 Å². The Morgan fingerprint density at radius 2 is 1.88 bits per heavy atom. The van der Waals surface area contributed by atoms with E-state index in [1.165, 1.54) is 29.9 Å². The molecule has 2 fully saturated rings. The second-order valence-electron chi connectivity index (χ2n) is 6.17. The molecule has 1 aliphatic heterocycles. The van der Waals surface area contributed by atoms with Crippen molar-refractivity contribution in [1.29, 1.82) is 0 Å².